The van der Waals surface area contributed by atoms with Crippen LogP contribution in [0.5, 0.6) is 0 Å². The lowest BCUT2D eigenvalue weighted by Gasteiger charge is -2.28. The summed E-state index contributed by atoms with van der Waals surface area (Å²) in [5.74, 6) is -0.000783. The Hall–Kier alpha value is -1.64. The van der Waals surface area contributed by atoms with E-state index in [0.717, 1.165) is 26.1 Å². The van der Waals surface area contributed by atoms with E-state index in [1.54, 1.807) is 24.3 Å². The zero-order chi connectivity index (χ0) is 19.7. The Morgan fingerprint density at radius 3 is 2.48 bits per heavy atom. The van der Waals surface area contributed by atoms with Gasteiger partial charge in [-0.3, -0.25) is 9.10 Å². The highest BCUT2D eigenvalue weighted by Gasteiger charge is 2.25. The third-order valence-corrected chi connectivity index (χ3v) is 6.61. The van der Waals surface area contributed by atoms with Crippen molar-refractivity contribution in [2.24, 2.45) is 0 Å². The van der Waals surface area contributed by atoms with E-state index in [9.17, 15) is 13.2 Å². The Morgan fingerprint density at radius 1 is 1.15 bits per heavy atom. The first-order chi connectivity index (χ1) is 13.0. The minimum absolute atomic E-state index is 0.184. The molecule has 1 fully saturated rings. The SMILES string of the molecule is CCN(CC)CCOCCNC(=O)c1ccc(N2CCCCS2(=O)=O)cc1. The molecule has 7 nitrogen and oxygen atoms in total. The molecule has 0 radical (unpaired) electrons. The molecule has 152 valence electrons. The maximum absolute atomic E-state index is 12.2. The maximum Gasteiger partial charge on any atom is 0.251 e. The van der Waals surface area contributed by atoms with Crippen molar-refractivity contribution >= 4 is 21.6 Å². The van der Waals surface area contributed by atoms with E-state index in [1.165, 1.54) is 4.31 Å². The third-order valence-electron chi connectivity index (χ3n) is 4.74. The van der Waals surface area contributed by atoms with Crippen molar-refractivity contribution in [3.8, 4) is 0 Å². The van der Waals surface area contributed by atoms with E-state index in [2.05, 4.69) is 24.1 Å². The second-order valence-corrected chi connectivity index (χ2v) is 8.55. The van der Waals surface area contributed by atoms with Crippen molar-refractivity contribution in [3.05, 3.63) is 29.8 Å². The molecular weight excluding hydrogens is 366 g/mol. The number of nitrogens with one attached hydrogen (secondary N) is 1. The summed E-state index contributed by atoms with van der Waals surface area (Å²) in [4.78, 5) is 14.5. The molecule has 1 aromatic carbocycles. The van der Waals surface area contributed by atoms with Crippen LogP contribution in [0.3, 0.4) is 0 Å². The van der Waals surface area contributed by atoms with Crippen LogP contribution in [0.4, 0.5) is 5.69 Å². The van der Waals surface area contributed by atoms with Crippen molar-refractivity contribution in [2.75, 3.05) is 56.0 Å². The molecule has 1 saturated heterocycles. The number of rotatable bonds is 10. The molecule has 0 unspecified atom stereocenters. The van der Waals surface area contributed by atoms with Gasteiger partial charge in [0.15, 0.2) is 0 Å². The Labute approximate surface area is 162 Å². The van der Waals surface area contributed by atoms with Crippen LogP contribution in [0.1, 0.15) is 37.0 Å². The van der Waals surface area contributed by atoms with Crippen LogP contribution in [-0.2, 0) is 14.8 Å². The zero-order valence-electron chi connectivity index (χ0n) is 16.3. The number of hydrogen-bond donors (Lipinski definition) is 1. The van der Waals surface area contributed by atoms with Gasteiger partial charge in [0.1, 0.15) is 0 Å². The average Bonchev–Trinajstić information content (AvgIpc) is 2.67. The van der Waals surface area contributed by atoms with Gasteiger partial charge in [-0.05, 0) is 50.2 Å². The number of hydrogen-bond acceptors (Lipinski definition) is 5. The number of carbonyl (C=O) groups is 1. The fourth-order valence-corrected chi connectivity index (χ4v) is 4.67. The summed E-state index contributed by atoms with van der Waals surface area (Å²) >= 11 is 0. The summed E-state index contributed by atoms with van der Waals surface area (Å²) in [5.41, 5.74) is 1.13. The van der Waals surface area contributed by atoms with Crippen molar-refractivity contribution in [2.45, 2.75) is 26.7 Å². The van der Waals surface area contributed by atoms with E-state index in [-0.39, 0.29) is 11.7 Å². The number of amides is 1. The van der Waals surface area contributed by atoms with E-state index in [0.29, 0.717) is 44.0 Å². The van der Waals surface area contributed by atoms with Crippen molar-refractivity contribution in [1.29, 1.82) is 0 Å². The maximum atomic E-state index is 12.2. The average molecular weight is 398 g/mol. The van der Waals surface area contributed by atoms with Crippen LogP contribution in [0.25, 0.3) is 0 Å². The quantitative estimate of drug-likeness (QED) is 0.608. The highest BCUT2D eigenvalue weighted by atomic mass is 32.2. The van der Waals surface area contributed by atoms with Crippen molar-refractivity contribution in [3.63, 3.8) is 0 Å². The number of sulfonamides is 1. The zero-order valence-corrected chi connectivity index (χ0v) is 17.1. The van der Waals surface area contributed by atoms with Gasteiger partial charge in [-0.1, -0.05) is 13.8 Å². The summed E-state index contributed by atoms with van der Waals surface area (Å²) in [5, 5.41) is 2.82. The summed E-state index contributed by atoms with van der Waals surface area (Å²) in [6.07, 6.45) is 1.56. The number of anilines is 1. The third kappa shape index (κ3) is 6.48. The molecule has 1 heterocycles. The number of nitrogens with zero attached hydrogens (tertiary/aromatic N) is 2. The van der Waals surface area contributed by atoms with E-state index >= 15 is 0 Å². The molecule has 0 spiro atoms. The molecule has 0 aromatic heterocycles. The standard InChI is InChI=1S/C19H31N3O4S/c1-3-21(4-2)13-15-26-14-11-20-19(23)17-7-9-18(10-8-17)22-12-5-6-16-27(22,24)25/h7-10H,3-6,11-16H2,1-2H3,(H,20,23). The molecule has 1 amide bonds. The molecule has 1 aliphatic rings. The molecule has 1 N–H and O–H groups in total. The highest BCUT2D eigenvalue weighted by molar-refractivity contribution is 7.92. The van der Waals surface area contributed by atoms with Crippen LogP contribution >= 0.6 is 0 Å². The summed E-state index contributed by atoms with van der Waals surface area (Å²) in [6.45, 7) is 9.20. The fraction of sp³-hybridized carbons (Fsp3) is 0.632. The molecule has 2 rings (SSSR count). The Kier molecular flexibility index (Phi) is 8.53. The van der Waals surface area contributed by atoms with Crippen LogP contribution < -0.4 is 9.62 Å². The summed E-state index contributed by atoms with van der Waals surface area (Å²) in [7, 11) is -3.23. The number of likely N-dealkylation sites (N-methyl/N-ethyl adjacent to an activating group) is 1. The van der Waals surface area contributed by atoms with Crippen LogP contribution in [0, 0.1) is 0 Å². The van der Waals surface area contributed by atoms with Gasteiger partial charge < -0.3 is 15.0 Å². The smallest absolute Gasteiger partial charge is 0.251 e. The number of ether oxygens (including phenoxy) is 1. The minimum atomic E-state index is -3.23. The van der Waals surface area contributed by atoms with Gasteiger partial charge in [0.05, 0.1) is 24.7 Å². The van der Waals surface area contributed by atoms with Gasteiger partial charge in [0.25, 0.3) is 5.91 Å². The molecule has 0 atom stereocenters. The monoisotopic (exact) mass is 397 g/mol. The predicted octanol–water partition coefficient (Wildman–Crippen LogP) is 1.70. The number of carbonyl (C=O) groups excluding carboxylic acids is 1. The van der Waals surface area contributed by atoms with E-state index in [4.69, 9.17) is 4.74 Å². The molecule has 27 heavy (non-hydrogen) atoms. The van der Waals surface area contributed by atoms with E-state index < -0.39 is 10.0 Å². The molecule has 1 aliphatic heterocycles. The topological polar surface area (TPSA) is 79.0 Å². The lowest BCUT2D eigenvalue weighted by molar-refractivity contribution is 0.0884. The van der Waals surface area contributed by atoms with Crippen molar-refractivity contribution in [1.82, 2.24) is 10.2 Å². The Bertz CT molecular complexity index is 687. The highest BCUT2D eigenvalue weighted by Crippen LogP contribution is 2.23. The Morgan fingerprint density at radius 2 is 1.85 bits per heavy atom. The van der Waals surface area contributed by atoms with Crippen LogP contribution in [-0.4, -0.2) is 70.9 Å². The number of benzene rings is 1. The van der Waals surface area contributed by atoms with E-state index in [1.807, 2.05) is 0 Å². The molecule has 8 heteroatoms. The fourth-order valence-electron chi connectivity index (χ4n) is 3.03. The van der Waals surface area contributed by atoms with Crippen molar-refractivity contribution < 1.29 is 17.9 Å². The van der Waals surface area contributed by atoms with Crippen LogP contribution in [0.2, 0.25) is 0 Å². The first-order valence-electron chi connectivity index (χ1n) is 9.66. The van der Waals surface area contributed by atoms with Gasteiger partial charge in [0.2, 0.25) is 10.0 Å². The second-order valence-electron chi connectivity index (χ2n) is 6.54. The summed E-state index contributed by atoms with van der Waals surface area (Å²) < 4.78 is 31.3. The Balaban J connectivity index is 1.75. The first kappa shape index (κ1) is 21.7. The normalized spacial score (nSPS) is 16.5. The molecule has 0 saturated carbocycles. The van der Waals surface area contributed by atoms with Gasteiger partial charge >= 0.3 is 0 Å². The summed E-state index contributed by atoms with van der Waals surface area (Å²) in [6, 6.07) is 6.71. The second kappa shape index (κ2) is 10.6. The van der Waals surface area contributed by atoms with Gasteiger partial charge in [-0.15, -0.1) is 0 Å². The van der Waals surface area contributed by atoms with Gasteiger partial charge in [0, 0.05) is 25.2 Å². The van der Waals surface area contributed by atoms with Crippen LogP contribution in [0.15, 0.2) is 24.3 Å². The molecular formula is C19H31N3O4S. The predicted molar refractivity (Wildman–Crippen MR) is 108 cm³/mol. The minimum Gasteiger partial charge on any atom is -0.378 e. The lowest BCUT2D eigenvalue weighted by Crippen LogP contribution is -2.37. The van der Waals surface area contributed by atoms with Gasteiger partial charge in [-0.2, -0.15) is 0 Å². The molecule has 1 aromatic rings. The lowest BCUT2D eigenvalue weighted by atomic mass is 10.2. The first-order valence-corrected chi connectivity index (χ1v) is 11.3. The molecule has 0 aliphatic carbocycles. The largest absolute Gasteiger partial charge is 0.378 e. The molecule has 0 bridgehead atoms. The van der Waals surface area contributed by atoms with Gasteiger partial charge in [-0.25, -0.2) is 8.42 Å².